The Balaban J connectivity index is 1.67. The van der Waals surface area contributed by atoms with Crippen LogP contribution in [0.1, 0.15) is 27.4 Å². The summed E-state index contributed by atoms with van der Waals surface area (Å²) >= 11 is 0. The molecule has 0 aliphatic carbocycles. The van der Waals surface area contributed by atoms with Gasteiger partial charge in [0.2, 0.25) is 0 Å². The molecular formula is C17H17NO2. The van der Waals surface area contributed by atoms with Gasteiger partial charge in [-0.2, -0.15) is 0 Å². The molecule has 3 heteroatoms. The molecule has 3 nitrogen and oxygen atoms in total. The minimum Gasteiger partial charge on any atom is -0.493 e. The SMILES string of the molecule is Cc1ccccc1C(=O)NCC1COc2ccccc21. The van der Waals surface area contributed by atoms with Crippen molar-refractivity contribution >= 4 is 5.91 Å². The number of hydrogen-bond donors (Lipinski definition) is 1. The maximum absolute atomic E-state index is 12.2. The summed E-state index contributed by atoms with van der Waals surface area (Å²) in [6, 6.07) is 15.6. The number of hydrogen-bond acceptors (Lipinski definition) is 2. The number of para-hydroxylation sites is 1. The lowest BCUT2D eigenvalue weighted by Crippen LogP contribution is -2.29. The van der Waals surface area contributed by atoms with Crippen molar-refractivity contribution in [3.8, 4) is 5.75 Å². The van der Waals surface area contributed by atoms with Crippen molar-refractivity contribution in [3.05, 3.63) is 65.2 Å². The topological polar surface area (TPSA) is 38.3 Å². The molecule has 1 aliphatic heterocycles. The molecule has 2 aromatic rings. The number of rotatable bonds is 3. The van der Waals surface area contributed by atoms with Gasteiger partial charge in [0, 0.05) is 23.6 Å². The van der Waals surface area contributed by atoms with Gasteiger partial charge in [0.15, 0.2) is 0 Å². The first-order valence-electron chi connectivity index (χ1n) is 6.81. The van der Waals surface area contributed by atoms with E-state index in [1.54, 1.807) is 0 Å². The lowest BCUT2D eigenvalue weighted by atomic mass is 10.0. The molecule has 0 bridgehead atoms. The summed E-state index contributed by atoms with van der Waals surface area (Å²) in [5.74, 6) is 1.15. The minimum absolute atomic E-state index is 0.0209. The van der Waals surface area contributed by atoms with Crippen LogP contribution < -0.4 is 10.1 Å². The lowest BCUT2D eigenvalue weighted by Gasteiger charge is -2.11. The molecule has 1 amide bonds. The Morgan fingerprint density at radius 3 is 2.80 bits per heavy atom. The zero-order valence-electron chi connectivity index (χ0n) is 11.4. The van der Waals surface area contributed by atoms with E-state index in [0.717, 1.165) is 16.9 Å². The van der Waals surface area contributed by atoms with Crippen molar-refractivity contribution in [2.75, 3.05) is 13.2 Å². The van der Waals surface area contributed by atoms with E-state index in [2.05, 4.69) is 11.4 Å². The normalized spacial score (nSPS) is 16.4. The van der Waals surface area contributed by atoms with Crippen molar-refractivity contribution in [1.29, 1.82) is 0 Å². The van der Waals surface area contributed by atoms with Gasteiger partial charge in [0.1, 0.15) is 5.75 Å². The molecule has 102 valence electrons. The second kappa shape index (κ2) is 5.37. The molecule has 0 spiro atoms. The number of aryl methyl sites for hydroxylation is 1. The highest BCUT2D eigenvalue weighted by Gasteiger charge is 2.24. The number of fused-ring (bicyclic) bond motifs is 1. The van der Waals surface area contributed by atoms with Gasteiger partial charge in [-0.05, 0) is 24.6 Å². The van der Waals surface area contributed by atoms with E-state index in [0.29, 0.717) is 13.2 Å². The Bertz CT molecular complexity index is 636. The van der Waals surface area contributed by atoms with Crippen LogP contribution in [0.3, 0.4) is 0 Å². The summed E-state index contributed by atoms with van der Waals surface area (Å²) in [6.45, 7) is 3.18. The molecule has 1 unspecified atom stereocenters. The molecule has 2 aromatic carbocycles. The largest absolute Gasteiger partial charge is 0.493 e. The molecule has 1 heterocycles. The third-order valence-corrected chi connectivity index (χ3v) is 3.70. The molecule has 1 atom stereocenters. The minimum atomic E-state index is -0.0209. The van der Waals surface area contributed by atoms with Crippen LogP contribution in [0, 0.1) is 6.92 Å². The third-order valence-electron chi connectivity index (χ3n) is 3.70. The summed E-state index contributed by atoms with van der Waals surface area (Å²) in [6.07, 6.45) is 0. The summed E-state index contributed by atoms with van der Waals surface area (Å²) < 4.78 is 5.62. The standard InChI is InChI=1S/C17H17NO2/c1-12-6-2-3-7-14(12)17(19)18-10-13-11-20-16-9-5-4-8-15(13)16/h2-9,13H,10-11H2,1H3,(H,18,19). The third kappa shape index (κ3) is 2.39. The van der Waals surface area contributed by atoms with Crippen molar-refractivity contribution < 1.29 is 9.53 Å². The van der Waals surface area contributed by atoms with Crippen molar-refractivity contribution in [1.82, 2.24) is 5.32 Å². The first-order chi connectivity index (χ1) is 9.75. The van der Waals surface area contributed by atoms with Crippen LogP contribution in [0.25, 0.3) is 0 Å². The number of ether oxygens (including phenoxy) is 1. The number of nitrogens with one attached hydrogen (secondary N) is 1. The van der Waals surface area contributed by atoms with Crippen LogP contribution in [0.15, 0.2) is 48.5 Å². The predicted octanol–water partition coefficient (Wildman–Crippen LogP) is 2.90. The number of benzene rings is 2. The van der Waals surface area contributed by atoms with E-state index in [1.165, 1.54) is 5.56 Å². The molecule has 0 saturated carbocycles. The molecule has 20 heavy (non-hydrogen) atoms. The predicted molar refractivity (Wildman–Crippen MR) is 78.2 cm³/mol. The van der Waals surface area contributed by atoms with E-state index in [1.807, 2.05) is 49.4 Å². The molecule has 1 aliphatic rings. The van der Waals surface area contributed by atoms with Gasteiger partial charge in [-0.25, -0.2) is 0 Å². The molecule has 0 fully saturated rings. The van der Waals surface area contributed by atoms with Gasteiger partial charge in [-0.3, -0.25) is 4.79 Å². The van der Waals surface area contributed by atoms with Crippen LogP contribution in [0.5, 0.6) is 5.75 Å². The van der Waals surface area contributed by atoms with Gasteiger partial charge in [0.25, 0.3) is 5.91 Å². The molecule has 3 rings (SSSR count). The van der Waals surface area contributed by atoms with Crippen molar-refractivity contribution in [2.45, 2.75) is 12.8 Å². The van der Waals surface area contributed by atoms with Crippen molar-refractivity contribution in [3.63, 3.8) is 0 Å². The molecule has 0 saturated heterocycles. The Morgan fingerprint density at radius 2 is 1.95 bits per heavy atom. The fraction of sp³-hybridized carbons (Fsp3) is 0.235. The zero-order chi connectivity index (χ0) is 13.9. The average molecular weight is 267 g/mol. The quantitative estimate of drug-likeness (QED) is 0.928. The van der Waals surface area contributed by atoms with Gasteiger partial charge in [0.05, 0.1) is 6.61 Å². The highest BCUT2D eigenvalue weighted by Crippen LogP contribution is 2.32. The zero-order valence-corrected chi connectivity index (χ0v) is 11.4. The first kappa shape index (κ1) is 12.7. The van der Waals surface area contributed by atoms with Gasteiger partial charge in [-0.1, -0.05) is 36.4 Å². The fourth-order valence-corrected chi connectivity index (χ4v) is 2.54. The van der Waals surface area contributed by atoms with E-state index in [-0.39, 0.29) is 11.8 Å². The Hall–Kier alpha value is -2.29. The second-order valence-electron chi connectivity index (χ2n) is 5.07. The van der Waals surface area contributed by atoms with E-state index >= 15 is 0 Å². The Labute approximate surface area is 118 Å². The van der Waals surface area contributed by atoms with Crippen LogP contribution in [0.4, 0.5) is 0 Å². The lowest BCUT2D eigenvalue weighted by molar-refractivity contribution is 0.0949. The summed E-state index contributed by atoms with van der Waals surface area (Å²) in [5.41, 5.74) is 2.91. The van der Waals surface area contributed by atoms with E-state index in [4.69, 9.17) is 4.74 Å². The fourth-order valence-electron chi connectivity index (χ4n) is 2.54. The molecule has 1 N–H and O–H groups in total. The maximum atomic E-state index is 12.2. The molecule has 0 aromatic heterocycles. The van der Waals surface area contributed by atoms with Gasteiger partial charge in [-0.15, -0.1) is 0 Å². The summed E-state index contributed by atoms with van der Waals surface area (Å²) in [7, 11) is 0. The Kier molecular flexibility index (Phi) is 3.42. The number of carbonyl (C=O) groups excluding carboxylic acids is 1. The van der Waals surface area contributed by atoms with Crippen LogP contribution in [0.2, 0.25) is 0 Å². The van der Waals surface area contributed by atoms with Crippen molar-refractivity contribution in [2.24, 2.45) is 0 Å². The Morgan fingerprint density at radius 1 is 1.20 bits per heavy atom. The number of amides is 1. The van der Waals surface area contributed by atoms with Gasteiger partial charge >= 0.3 is 0 Å². The first-order valence-corrected chi connectivity index (χ1v) is 6.81. The maximum Gasteiger partial charge on any atom is 0.251 e. The monoisotopic (exact) mass is 267 g/mol. The number of carbonyl (C=O) groups is 1. The van der Waals surface area contributed by atoms with E-state index in [9.17, 15) is 4.79 Å². The van der Waals surface area contributed by atoms with Gasteiger partial charge < -0.3 is 10.1 Å². The average Bonchev–Trinajstić information content (AvgIpc) is 2.88. The van der Waals surface area contributed by atoms with Crippen LogP contribution >= 0.6 is 0 Å². The summed E-state index contributed by atoms with van der Waals surface area (Å²) in [5, 5.41) is 3.00. The van der Waals surface area contributed by atoms with Crippen LogP contribution in [-0.2, 0) is 0 Å². The van der Waals surface area contributed by atoms with Crippen LogP contribution in [-0.4, -0.2) is 19.1 Å². The molecule has 0 radical (unpaired) electrons. The second-order valence-corrected chi connectivity index (χ2v) is 5.07. The smallest absolute Gasteiger partial charge is 0.251 e. The highest BCUT2D eigenvalue weighted by molar-refractivity contribution is 5.95. The summed E-state index contributed by atoms with van der Waals surface area (Å²) in [4.78, 5) is 12.2. The van der Waals surface area contributed by atoms with E-state index < -0.39 is 0 Å². The molecular weight excluding hydrogens is 250 g/mol. The highest BCUT2D eigenvalue weighted by atomic mass is 16.5.